The summed E-state index contributed by atoms with van der Waals surface area (Å²) in [7, 11) is 0. The number of halogens is 2. The molecule has 0 amide bonds. The van der Waals surface area contributed by atoms with Gasteiger partial charge in [0.15, 0.2) is 0 Å². The van der Waals surface area contributed by atoms with Crippen LogP contribution < -0.4 is 5.32 Å². The molecule has 1 heterocycles. The molecule has 5 heteroatoms. The van der Waals surface area contributed by atoms with E-state index < -0.39 is 0 Å². The Morgan fingerprint density at radius 3 is 3.00 bits per heavy atom. The molecule has 0 saturated heterocycles. The number of aryl methyl sites for hydroxylation is 1. The highest BCUT2D eigenvalue weighted by molar-refractivity contribution is 9.10. The lowest BCUT2D eigenvalue weighted by atomic mass is 10.2. The van der Waals surface area contributed by atoms with E-state index in [1.165, 1.54) is 5.56 Å². The summed E-state index contributed by atoms with van der Waals surface area (Å²) in [5.41, 5.74) is 1.22. The molecule has 18 heavy (non-hydrogen) atoms. The molecule has 0 aliphatic heterocycles. The normalized spacial score (nSPS) is 10.8. The molecule has 0 atom stereocenters. The summed E-state index contributed by atoms with van der Waals surface area (Å²) in [6.07, 6.45) is 6.71. The second-order valence-corrected chi connectivity index (χ2v) is 5.36. The van der Waals surface area contributed by atoms with Gasteiger partial charge >= 0.3 is 0 Å². The highest BCUT2D eigenvalue weighted by atomic mass is 79.9. The fourth-order valence-corrected chi connectivity index (χ4v) is 2.52. The molecule has 0 saturated carbocycles. The van der Waals surface area contributed by atoms with Crippen LogP contribution in [0.2, 0.25) is 5.02 Å². The molecule has 1 aromatic carbocycles. The number of nitrogens with zero attached hydrogens (tertiary/aromatic N) is 2. The summed E-state index contributed by atoms with van der Waals surface area (Å²) >= 11 is 9.41. The summed E-state index contributed by atoms with van der Waals surface area (Å²) in [6.45, 7) is 2.82. The maximum absolute atomic E-state index is 5.90. The molecule has 3 nitrogen and oxygen atoms in total. The van der Waals surface area contributed by atoms with Gasteiger partial charge in [0.05, 0.1) is 6.33 Å². The molecule has 0 spiro atoms. The van der Waals surface area contributed by atoms with Crippen molar-refractivity contribution in [2.24, 2.45) is 0 Å². The number of imidazole rings is 1. The smallest absolute Gasteiger partial charge is 0.0945 e. The van der Waals surface area contributed by atoms with E-state index in [9.17, 15) is 0 Å². The molecule has 0 radical (unpaired) electrons. The van der Waals surface area contributed by atoms with Crippen molar-refractivity contribution in [3.63, 3.8) is 0 Å². The fraction of sp³-hybridized carbons (Fsp3) is 0.308. The van der Waals surface area contributed by atoms with Crippen molar-refractivity contribution in [2.45, 2.75) is 19.5 Å². The van der Waals surface area contributed by atoms with Crippen LogP contribution in [0.25, 0.3) is 0 Å². The van der Waals surface area contributed by atoms with Crippen molar-refractivity contribution >= 4 is 27.5 Å². The minimum atomic E-state index is 0.755. The van der Waals surface area contributed by atoms with Crippen LogP contribution in [0, 0.1) is 0 Å². The van der Waals surface area contributed by atoms with Gasteiger partial charge in [-0.2, -0.15) is 0 Å². The first-order chi connectivity index (χ1) is 8.75. The van der Waals surface area contributed by atoms with Crippen LogP contribution in [0.4, 0.5) is 0 Å². The lowest BCUT2D eigenvalue weighted by molar-refractivity contribution is 0.580. The van der Waals surface area contributed by atoms with Gasteiger partial charge in [-0.15, -0.1) is 0 Å². The third kappa shape index (κ3) is 4.12. The van der Waals surface area contributed by atoms with Crippen LogP contribution in [-0.4, -0.2) is 16.1 Å². The van der Waals surface area contributed by atoms with Gasteiger partial charge in [-0.25, -0.2) is 4.98 Å². The van der Waals surface area contributed by atoms with E-state index >= 15 is 0 Å². The summed E-state index contributed by atoms with van der Waals surface area (Å²) in [5, 5.41) is 4.17. The number of nitrogens with one attached hydrogen (secondary N) is 1. The molecule has 96 valence electrons. The first-order valence-electron chi connectivity index (χ1n) is 5.86. The Hall–Kier alpha value is -0.840. The van der Waals surface area contributed by atoms with E-state index in [0.29, 0.717) is 0 Å². The van der Waals surface area contributed by atoms with Gasteiger partial charge in [0.25, 0.3) is 0 Å². The summed E-state index contributed by atoms with van der Waals surface area (Å²) in [4.78, 5) is 4.01. The minimum absolute atomic E-state index is 0.755. The Bertz CT molecular complexity index is 485. The maximum Gasteiger partial charge on any atom is 0.0945 e. The molecule has 0 bridgehead atoms. The highest BCUT2D eigenvalue weighted by Crippen LogP contribution is 2.21. The Kier molecular flexibility index (Phi) is 5.23. The second kappa shape index (κ2) is 6.92. The average Bonchev–Trinajstić information content (AvgIpc) is 2.84. The van der Waals surface area contributed by atoms with Crippen molar-refractivity contribution in [3.8, 4) is 0 Å². The number of benzene rings is 1. The number of hydrogen-bond acceptors (Lipinski definition) is 2. The lowest BCUT2D eigenvalue weighted by Crippen LogP contribution is -2.16. The molecular weight excluding hydrogens is 314 g/mol. The third-order valence-electron chi connectivity index (χ3n) is 2.66. The highest BCUT2D eigenvalue weighted by Gasteiger charge is 2.00. The van der Waals surface area contributed by atoms with Gasteiger partial charge in [-0.3, -0.25) is 0 Å². The van der Waals surface area contributed by atoms with Crippen LogP contribution in [-0.2, 0) is 13.1 Å². The van der Waals surface area contributed by atoms with Gasteiger partial charge in [-0.1, -0.05) is 33.6 Å². The second-order valence-electron chi connectivity index (χ2n) is 4.07. The summed E-state index contributed by atoms with van der Waals surface area (Å²) in [5.74, 6) is 0. The zero-order chi connectivity index (χ0) is 12.8. The standard InChI is InChI=1S/C13H15BrClN3/c14-13-8-12(15)3-2-11(13)9-16-4-1-6-18-7-5-17-10-18/h2-3,5,7-8,10,16H,1,4,6,9H2. The third-order valence-corrected chi connectivity index (χ3v) is 3.63. The van der Waals surface area contributed by atoms with Gasteiger partial charge in [0, 0.05) is 35.0 Å². The van der Waals surface area contributed by atoms with Crippen molar-refractivity contribution < 1.29 is 0 Å². The summed E-state index contributed by atoms with van der Waals surface area (Å²) < 4.78 is 3.14. The molecule has 1 aromatic heterocycles. The van der Waals surface area contributed by atoms with Gasteiger partial charge in [0.2, 0.25) is 0 Å². The lowest BCUT2D eigenvalue weighted by Gasteiger charge is -2.07. The van der Waals surface area contributed by atoms with Gasteiger partial charge in [0.1, 0.15) is 0 Å². The number of hydrogen-bond donors (Lipinski definition) is 1. The molecule has 0 fully saturated rings. The zero-order valence-corrected chi connectivity index (χ0v) is 12.3. The number of aromatic nitrogens is 2. The Balaban J connectivity index is 1.69. The van der Waals surface area contributed by atoms with Crippen LogP contribution >= 0.6 is 27.5 Å². The monoisotopic (exact) mass is 327 g/mol. The fourth-order valence-electron chi connectivity index (χ4n) is 1.69. The van der Waals surface area contributed by atoms with Gasteiger partial charge in [-0.05, 0) is 30.7 Å². The van der Waals surface area contributed by atoms with E-state index in [4.69, 9.17) is 11.6 Å². The van der Waals surface area contributed by atoms with Crippen LogP contribution in [0.15, 0.2) is 41.4 Å². The Morgan fingerprint density at radius 2 is 2.28 bits per heavy atom. The minimum Gasteiger partial charge on any atom is -0.337 e. The van der Waals surface area contributed by atoms with Crippen molar-refractivity contribution in [1.29, 1.82) is 0 Å². The number of rotatable bonds is 6. The van der Waals surface area contributed by atoms with E-state index in [0.717, 1.165) is 35.6 Å². The zero-order valence-electron chi connectivity index (χ0n) is 9.94. The molecule has 2 rings (SSSR count). The van der Waals surface area contributed by atoms with Crippen LogP contribution in [0.5, 0.6) is 0 Å². The molecule has 2 aromatic rings. The topological polar surface area (TPSA) is 29.9 Å². The van der Waals surface area contributed by atoms with E-state index in [-0.39, 0.29) is 0 Å². The van der Waals surface area contributed by atoms with Crippen molar-refractivity contribution in [1.82, 2.24) is 14.9 Å². The Morgan fingerprint density at radius 1 is 1.39 bits per heavy atom. The molecule has 1 N–H and O–H groups in total. The average molecular weight is 329 g/mol. The predicted octanol–water partition coefficient (Wildman–Crippen LogP) is 3.48. The largest absolute Gasteiger partial charge is 0.337 e. The Labute approximate surface area is 120 Å². The molecular formula is C13H15BrClN3. The van der Waals surface area contributed by atoms with Crippen molar-refractivity contribution in [2.75, 3.05) is 6.54 Å². The SMILES string of the molecule is Clc1ccc(CNCCCn2ccnc2)c(Br)c1. The predicted molar refractivity (Wildman–Crippen MR) is 77.7 cm³/mol. The van der Waals surface area contributed by atoms with Crippen LogP contribution in [0.3, 0.4) is 0 Å². The molecule has 0 aliphatic carbocycles. The molecule has 0 aliphatic rings. The van der Waals surface area contributed by atoms with Crippen molar-refractivity contribution in [3.05, 3.63) is 52.0 Å². The van der Waals surface area contributed by atoms with E-state index in [1.54, 1.807) is 6.20 Å². The van der Waals surface area contributed by atoms with E-state index in [2.05, 4.69) is 30.8 Å². The quantitative estimate of drug-likeness (QED) is 0.823. The van der Waals surface area contributed by atoms with Gasteiger partial charge < -0.3 is 9.88 Å². The van der Waals surface area contributed by atoms with Crippen LogP contribution in [0.1, 0.15) is 12.0 Å². The summed E-state index contributed by atoms with van der Waals surface area (Å²) in [6, 6.07) is 5.87. The first-order valence-corrected chi connectivity index (χ1v) is 7.03. The van der Waals surface area contributed by atoms with E-state index in [1.807, 2.05) is 30.7 Å². The first kappa shape index (κ1) is 13.6. The maximum atomic E-state index is 5.90. The molecule has 0 unspecified atom stereocenters.